The number of hydrogen-bond acceptors (Lipinski definition) is 4. The highest BCUT2D eigenvalue weighted by Gasteiger charge is 2.16. The van der Waals surface area contributed by atoms with Gasteiger partial charge in [0.25, 0.3) is 5.91 Å². The first-order chi connectivity index (χ1) is 15.4. The zero-order valence-electron chi connectivity index (χ0n) is 16.3. The van der Waals surface area contributed by atoms with Gasteiger partial charge in [-0.3, -0.25) is 9.48 Å². The standard InChI is InChI=1S/C22H15ClF3N3O3/c23-17-11-29(10-13-2-1-3-14(24)8-13)28-21(17)27-22(30)20-7-5-16(32-20)12-31-19-6-4-15(25)9-18(19)26/h1-9,11H,10,12H2,(H,27,28,30). The van der Waals surface area contributed by atoms with Crippen LogP contribution in [0, 0.1) is 17.5 Å². The molecular formula is C22H15ClF3N3O3. The van der Waals surface area contributed by atoms with Crippen LogP contribution in [-0.2, 0) is 13.2 Å². The smallest absolute Gasteiger partial charge is 0.292 e. The van der Waals surface area contributed by atoms with Crippen LogP contribution in [0.1, 0.15) is 21.9 Å². The molecule has 10 heteroatoms. The Bertz CT molecular complexity index is 1270. The normalized spacial score (nSPS) is 10.9. The Morgan fingerprint density at radius 3 is 2.69 bits per heavy atom. The van der Waals surface area contributed by atoms with Gasteiger partial charge in [0, 0.05) is 12.3 Å². The minimum absolute atomic E-state index is 0.0427. The minimum Gasteiger partial charge on any atom is -0.483 e. The number of amides is 1. The van der Waals surface area contributed by atoms with Gasteiger partial charge in [-0.05, 0) is 42.0 Å². The SMILES string of the molecule is O=C(Nc1nn(Cc2cccc(F)c2)cc1Cl)c1ccc(COc2ccc(F)cc2F)o1. The van der Waals surface area contributed by atoms with Gasteiger partial charge in [0.1, 0.15) is 29.0 Å². The molecule has 0 radical (unpaired) electrons. The van der Waals surface area contributed by atoms with Gasteiger partial charge in [0.15, 0.2) is 23.1 Å². The fourth-order valence-corrected chi connectivity index (χ4v) is 3.07. The van der Waals surface area contributed by atoms with Gasteiger partial charge >= 0.3 is 0 Å². The number of anilines is 1. The third-order valence-electron chi connectivity index (χ3n) is 4.33. The van der Waals surface area contributed by atoms with E-state index in [-0.39, 0.29) is 47.1 Å². The van der Waals surface area contributed by atoms with E-state index in [4.69, 9.17) is 20.8 Å². The van der Waals surface area contributed by atoms with Crippen molar-refractivity contribution >= 4 is 23.3 Å². The molecule has 0 atom stereocenters. The number of halogens is 4. The summed E-state index contributed by atoms with van der Waals surface area (Å²) >= 11 is 6.14. The fourth-order valence-electron chi connectivity index (χ4n) is 2.87. The Morgan fingerprint density at radius 1 is 1.09 bits per heavy atom. The van der Waals surface area contributed by atoms with Crippen molar-refractivity contribution in [2.75, 3.05) is 5.32 Å². The van der Waals surface area contributed by atoms with Crippen LogP contribution in [0.4, 0.5) is 19.0 Å². The second-order valence-electron chi connectivity index (χ2n) is 6.74. The van der Waals surface area contributed by atoms with Crippen molar-refractivity contribution < 1.29 is 27.1 Å². The predicted octanol–water partition coefficient (Wildman–Crippen LogP) is 5.43. The number of benzene rings is 2. The first-order valence-corrected chi connectivity index (χ1v) is 9.70. The molecule has 0 saturated carbocycles. The average molecular weight is 462 g/mol. The van der Waals surface area contributed by atoms with E-state index in [1.165, 1.54) is 35.1 Å². The van der Waals surface area contributed by atoms with Crippen LogP contribution >= 0.6 is 11.6 Å². The molecule has 4 aromatic rings. The minimum atomic E-state index is -0.849. The summed E-state index contributed by atoms with van der Waals surface area (Å²) in [6.45, 7) is 0.0917. The number of nitrogens with zero attached hydrogens (tertiary/aromatic N) is 2. The molecule has 164 valence electrons. The molecule has 0 aliphatic heterocycles. The number of rotatable bonds is 7. The highest BCUT2D eigenvalue weighted by atomic mass is 35.5. The van der Waals surface area contributed by atoms with Crippen molar-refractivity contribution in [3.05, 3.63) is 100 Å². The molecule has 2 aromatic heterocycles. The van der Waals surface area contributed by atoms with E-state index in [1.54, 1.807) is 12.1 Å². The molecule has 1 amide bonds. The molecule has 0 aliphatic rings. The van der Waals surface area contributed by atoms with Gasteiger partial charge in [0.05, 0.1) is 6.54 Å². The molecule has 0 aliphatic carbocycles. The Balaban J connectivity index is 1.38. The number of carbonyl (C=O) groups excluding carboxylic acids is 1. The third-order valence-corrected chi connectivity index (χ3v) is 4.61. The number of nitrogens with one attached hydrogen (secondary N) is 1. The third kappa shape index (κ3) is 5.12. The Hall–Kier alpha value is -3.72. The van der Waals surface area contributed by atoms with E-state index in [1.807, 2.05) is 0 Å². The van der Waals surface area contributed by atoms with Crippen LogP contribution in [0.15, 0.2) is 65.2 Å². The average Bonchev–Trinajstić information content (AvgIpc) is 3.34. The van der Waals surface area contributed by atoms with Gasteiger partial charge in [0.2, 0.25) is 0 Å². The zero-order valence-corrected chi connectivity index (χ0v) is 17.1. The lowest BCUT2D eigenvalue weighted by Crippen LogP contribution is -2.12. The molecule has 32 heavy (non-hydrogen) atoms. The molecular weight excluding hydrogens is 447 g/mol. The molecule has 0 saturated heterocycles. The Labute approximate surface area is 185 Å². The van der Waals surface area contributed by atoms with Crippen molar-refractivity contribution in [2.45, 2.75) is 13.2 Å². The monoisotopic (exact) mass is 461 g/mol. The van der Waals surface area contributed by atoms with Crippen molar-refractivity contribution in [1.82, 2.24) is 9.78 Å². The van der Waals surface area contributed by atoms with Gasteiger partial charge < -0.3 is 14.5 Å². The summed E-state index contributed by atoms with van der Waals surface area (Å²) in [4.78, 5) is 12.5. The van der Waals surface area contributed by atoms with Crippen LogP contribution in [0.5, 0.6) is 5.75 Å². The molecule has 0 bridgehead atoms. The van der Waals surface area contributed by atoms with E-state index in [9.17, 15) is 18.0 Å². The summed E-state index contributed by atoms with van der Waals surface area (Å²) in [6, 6.07) is 11.9. The highest BCUT2D eigenvalue weighted by Crippen LogP contribution is 2.22. The van der Waals surface area contributed by atoms with Crippen LogP contribution in [0.2, 0.25) is 5.02 Å². The second-order valence-corrected chi connectivity index (χ2v) is 7.14. The molecule has 6 nitrogen and oxygen atoms in total. The highest BCUT2D eigenvalue weighted by molar-refractivity contribution is 6.33. The van der Waals surface area contributed by atoms with E-state index >= 15 is 0 Å². The van der Waals surface area contributed by atoms with E-state index < -0.39 is 17.5 Å². The van der Waals surface area contributed by atoms with Crippen molar-refractivity contribution in [2.24, 2.45) is 0 Å². The largest absolute Gasteiger partial charge is 0.483 e. The summed E-state index contributed by atoms with van der Waals surface area (Å²) in [6.07, 6.45) is 1.50. The van der Waals surface area contributed by atoms with Crippen molar-refractivity contribution in [3.63, 3.8) is 0 Å². The maximum Gasteiger partial charge on any atom is 0.292 e. The summed E-state index contributed by atoms with van der Waals surface area (Å²) in [5.41, 5.74) is 0.676. The molecule has 1 N–H and O–H groups in total. The number of carbonyl (C=O) groups is 1. The van der Waals surface area contributed by atoms with Gasteiger partial charge in [-0.15, -0.1) is 0 Å². The maximum atomic E-state index is 13.6. The van der Waals surface area contributed by atoms with E-state index in [0.717, 1.165) is 12.1 Å². The van der Waals surface area contributed by atoms with Crippen LogP contribution in [0.3, 0.4) is 0 Å². The first-order valence-electron chi connectivity index (χ1n) is 9.33. The number of hydrogen-bond donors (Lipinski definition) is 1. The molecule has 0 unspecified atom stereocenters. The number of aromatic nitrogens is 2. The van der Waals surface area contributed by atoms with Crippen LogP contribution in [-0.4, -0.2) is 15.7 Å². The quantitative estimate of drug-likeness (QED) is 0.398. The zero-order chi connectivity index (χ0) is 22.7. The van der Waals surface area contributed by atoms with E-state index in [2.05, 4.69) is 10.4 Å². The lowest BCUT2D eigenvalue weighted by atomic mass is 10.2. The summed E-state index contributed by atoms with van der Waals surface area (Å²) in [7, 11) is 0. The molecule has 2 aromatic carbocycles. The molecule has 0 spiro atoms. The lowest BCUT2D eigenvalue weighted by Gasteiger charge is -2.05. The van der Waals surface area contributed by atoms with Gasteiger partial charge in [-0.2, -0.15) is 5.10 Å². The lowest BCUT2D eigenvalue weighted by molar-refractivity contribution is 0.0992. The van der Waals surface area contributed by atoms with Crippen molar-refractivity contribution in [1.29, 1.82) is 0 Å². The molecule has 2 heterocycles. The molecule has 0 fully saturated rings. The summed E-state index contributed by atoms with van der Waals surface area (Å²) < 4.78 is 52.0. The predicted molar refractivity (Wildman–Crippen MR) is 110 cm³/mol. The fraction of sp³-hybridized carbons (Fsp3) is 0.0909. The van der Waals surface area contributed by atoms with Crippen molar-refractivity contribution in [3.8, 4) is 5.75 Å². The number of furan rings is 1. The van der Waals surface area contributed by atoms with Gasteiger partial charge in [-0.25, -0.2) is 13.2 Å². The summed E-state index contributed by atoms with van der Waals surface area (Å²) in [5.74, 6) is -2.38. The maximum absolute atomic E-state index is 13.6. The first kappa shape index (κ1) is 21.5. The van der Waals surface area contributed by atoms with Crippen LogP contribution in [0.25, 0.3) is 0 Å². The molecule has 4 rings (SSSR count). The summed E-state index contributed by atoms with van der Waals surface area (Å²) in [5, 5.41) is 6.92. The number of ether oxygens (including phenoxy) is 1. The van der Waals surface area contributed by atoms with E-state index in [0.29, 0.717) is 11.6 Å². The Morgan fingerprint density at radius 2 is 1.91 bits per heavy atom. The second kappa shape index (κ2) is 9.19. The Kier molecular flexibility index (Phi) is 6.18. The topological polar surface area (TPSA) is 69.3 Å². The van der Waals surface area contributed by atoms with Crippen LogP contribution < -0.4 is 10.1 Å². The van der Waals surface area contributed by atoms with Gasteiger partial charge in [-0.1, -0.05) is 23.7 Å².